The Labute approximate surface area is 191 Å². The van der Waals surface area contributed by atoms with Crippen molar-refractivity contribution in [3.05, 3.63) is 95.6 Å². The van der Waals surface area contributed by atoms with E-state index < -0.39 is 11.8 Å². The van der Waals surface area contributed by atoms with Crippen molar-refractivity contribution in [1.29, 1.82) is 0 Å². The van der Waals surface area contributed by atoms with Crippen LogP contribution in [-0.2, 0) is 17.1 Å². The van der Waals surface area contributed by atoms with Crippen LogP contribution in [-0.4, -0.2) is 12.6 Å². The molecule has 0 atom stereocenters. The molecule has 30 heavy (non-hydrogen) atoms. The van der Waals surface area contributed by atoms with Crippen LogP contribution in [0.15, 0.2) is 78.9 Å². The summed E-state index contributed by atoms with van der Waals surface area (Å²) in [5.41, 5.74) is 2.82. The van der Waals surface area contributed by atoms with Crippen molar-refractivity contribution in [2.24, 2.45) is 0 Å². The molecule has 0 saturated carbocycles. The van der Waals surface area contributed by atoms with E-state index in [0.717, 1.165) is 28.2 Å². The summed E-state index contributed by atoms with van der Waals surface area (Å²) in [6.45, 7) is 0.900. The first kappa shape index (κ1) is 21.5. The van der Waals surface area contributed by atoms with Crippen molar-refractivity contribution < 1.29 is 14.2 Å². The third-order valence-corrected chi connectivity index (χ3v) is 7.52. The normalized spacial score (nSPS) is 15.2. The lowest BCUT2D eigenvalue weighted by atomic mass is 9.95. The first-order chi connectivity index (χ1) is 14.5. The molecule has 3 aromatic carbocycles. The van der Waals surface area contributed by atoms with Gasteiger partial charge in [0.15, 0.2) is 0 Å². The fourth-order valence-corrected chi connectivity index (χ4v) is 5.20. The van der Waals surface area contributed by atoms with Gasteiger partial charge in [0.05, 0.1) is 13.2 Å². The predicted molar refractivity (Wildman–Crippen MR) is 124 cm³/mol. The average Bonchev–Trinajstić information content (AvgIpc) is 2.77. The van der Waals surface area contributed by atoms with Gasteiger partial charge in [-0.25, -0.2) is 0 Å². The number of benzene rings is 3. The average molecular weight is 480 g/mol. The molecule has 0 radical (unpaired) electrons. The zero-order chi connectivity index (χ0) is 21.0. The van der Waals surface area contributed by atoms with Crippen molar-refractivity contribution in [3.63, 3.8) is 0 Å². The van der Waals surface area contributed by atoms with Gasteiger partial charge in [-0.05, 0) is 30.7 Å². The molecule has 0 spiro atoms. The van der Waals surface area contributed by atoms with Gasteiger partial charge in [0.2, 0.25) is 0 Å². The van der Waals surface area contributed by atoms with Crippen molar-refractivity contribution in [2.45, 2.75) is 24.9 Å². The lowest BCUT2D eigenvalue weighted by molar-refractivity contribution is -0.184. The van der Waals surface area contributed by atoms with E-state index in [9.17, 15) is 0 Å². The third kappa shape index (κ3) is 4.96. The summed E-state index contributed by atoms with van der Waals surface area (Å²) < 4.78 is 18.7. The molecule has 1 heterocycles. The lowest BCUT2D eigenvalue weighted by Crippen LogP contribution is -2.40. The van der Waals surface area contributed by atoms with Gasteiger partial charge in [-0.1, -0.05) is 60.7 Å². The highest BCUT2D eigenvalue weighted by Crippen LogP contribution is 2.43. The number of rotatable bonds is 7. The molecule has 0 bridgehead atoms. The van der Waals surface area contributed by atoms with Gasteiger partial charge in [0.1, 0.15) is 11.5 Å². The molecule has 0 amide bonds. The van der Waals surface area contributed by atoms with Crippen LogP contribution in [0.25, 0.3) is 0 Å². The van der Waals surface area contributed by atoms with Crippen LogP contribution in [0.3, 0.4) is 0 Å². The number of ether oxygens (including phenoxy) is 3. The van der Waals surface area contributed by atoms with E-state index in [0.29, 0.717) is 25.7 Å². The zero-order valence-electron chi connectivity index (χ0n) is 16.2. The quantitative estimate of drug-likeness (QED) is 0.209. The maximum Gasteiger partial charge on any atom is 0.341 e. The molecule has 0 N–H and O–H groups in total. The Bertz CT molecular complexity index is 938. The molecule has 0 unspecified atom stereocenters. The van der Waals surface area contributed by atoms with Gasteiger partial charge >= 0.3 is 6.00 Å². The van der Waals surface area contributed by atoms with Gasteiger partial charge in [-0.2, -0.15) is 0 Å². The molecule has 1 aliphatic rings. The van der Waals surface area contributed by atoms with E-state index in [1.807, 2.05) is 78.9 Å². The molecule has 0 saturated heterocycles. The SMILES string of the molecule is Cl[Si](Cl)(Cl)CCCOc1ccc2c(c1)COC(c1ccccc1)(c1ccccc1)O2. The maximum atomic E-state index is 6.49. The van der Waals surface area contributed by atoms with Gasteiger partial charge in [-0.3, -0.25) is 0 Å². The fourth-order valence-electron chi connectivity index (χ4n) is 3.45. The maximum absolute atomic E-state index is 6.49. The fraction of sp³-hybridized carbons (Fsp3) is 0.217. The second-order valence-electron chi connectivity index (χ2n) is 7.08. The highest BCUT2D eigenvalue weighted by Gasteiger charge is 2.41. The largest absolute Gasteiger partial charge is 0.494 e. The Morgan fingerprint density at radius 3 is 2.10 bits per heavy atom. The van der Waals surface area contributed by atoms with Crippen LogP contribution >= 0.6 is 33.2 Å². The first-order valence-electron chi connectivity index (χ1n) is 9.73. The zero-order valence-corrected chi connectivity index (χ0v) is 19.5. The van der Waals surface area contributed by atoms with E-state index in [4.69, 9.17) is 47.4 Å². The van der Waals surface area contributed by atoms with Crippen LogP contribution in [0, 0.1) is 0 Å². The van der Waals surface area contributed by atoms with Gasteiger partial charge in [0, 0.05) is 16.7 Å². The third-order valence-electron chi connectivity index (χ3n) is 4.90. The predicted octanol–water partition coefficient (Wildman–Crippen LogP) is 6.92. The molecule has 1 aliphatic heterocycles. The van der Waals surface area contributed by atoms with E-state index in [1.54, 1.807) is 0 Å². The molecule has 0 aliphatic carbocycles. The minimum absolute atomic E-state index is 0.400. The minimum atomic E-state index is -2.60. The molecular weight excluding hydrogens is 459 g/mol. The van der Waals surface area contributed by atoms with Crippen molar-refractivity contribution in [1.82, 2.24) is 0 Å². The molecule has 0 fully saturated rings. The van der Waals surface area contributed by atoms with Crippen LogP contribution in [0.4, 0.5) is 0 Å². The van der Waals surface area contributed by atoms with Gasteiger partial charge in [0.25, 0.3) is 5.79 Å². The summed E-state index contributed by atoms with van der Waals surface area (Å²) in [5, 5.41) is 0. The molecule has 3 aromatic rings. The first-order valence-corrected chi connectivity index (χ1v) is 15.0. The molecule has 4 rings (SSSR count). The summed E-state index contributed by atoms with van der Waals surface area (Å²) in [5.74, 6) is 0.529. The second-order valence-corrected chi connectivity index (χ2v) is 16.4. The standard InChI is InChI=1S/C23H21Cl3O3Si/c24-30(25,26)15-7-14-27-21-12-13-22-18(16-21)17-28-23(29-22,19-8-3-1-4-9-19)20-10-5-2-6-11-20/h1-6,8-13,16H,7,14-15,17H2. The topological polar surface area (TPSA) is 27.7 Å². The second kappa shape index (κ2) is 9.21. The Kier molecular flexibility index (Phi) is 6.61. The van der Waals surface area contributed by atoms with Crippen LogP contribution in [0.5, 0.6) is 11.5 Å². The molecule has 0 aromatic heterocycles. The number of halogens is 3. The summed E-state index contributed by atoms with van der Waals surface area (Å²) in [6, 6.07) is 23.7. The highest BCUT2D eigenvalue weighted by atomic mass is 35.8. The van der Waals surface area contributed by atoms with Crippen LogP contribution < -0.4 is 9.47 Å². The van der Waals surface area contributed by atoms with Crippen molar-refractivity contribution >= 4 is 39.2 Å². The lowest BCUT2D eigenvalue weighted by Gasteiger charge is -2.39. The summed E-state index contributed by atoms with van der Waals surface area (Å²) in [4.78, 5) is 0. The Morgan fingerprint density at radius 2 is 1.50 bits per heavy atom. The number of hydrogen-bond donors (Lipinski definition) is 0. The van der Waals surface area contributed by atoms with Gasteiger partial charge < -0.3 is 14.2 Å². The van der Waals surface area contributed by atoms with E-state index in [2.05, 4.69) is 0 Å². The van der Waals surface area contributed by atoms with Crippen LogP contribution in [0.1, 0.15) is 23.1 Å². The Balaban J connectivity index is 1.55. The molecule has 3 nitrogen and oxygen atoms in total. The van der Waals surface area contributed by atoms with E-state index in [1.165, 1.54) is 0 Å². The van der Waals surface area contributed by atoms with Gasteiger partial charge in [-0.15, -0.1) is 33.2 Å². The Morgan fingerprint density at radius 1 is 0.867 bits per heavy atom. The van der Waals surface area contributed by atoms with Crippen molar-refractivity contribution in [3.8, 4) is 11.5 Å². The summed E-state index contributed by atoms with van der Waals surface area (Å²) >= 11 is 17.8. The number of fused-ring (bicyclic) bond motifs is 1. The van der Waals surface area contributed by atoms with E-state index in [-0.39, 0.29) is 0 Å². The monoisotopic (exact) mass is 478 g/mol. The highest BCUT2D eigenvalue weighted by molar-refractivity contribution is 7.64. The number of hydrogen-bond acceptors (Lipinski definition) is 3. The van der Waals surface area contributed by atoms with Crippen LogP contribution in [0.2, 0.25) is 6.04 Å². The van der Waals surface area contributed by atoms with E-state index >= 15 is 0 Å². The minimum Gasteiger partial charge on any atom is -0.494 e. The van der Waals surface area contributed by atoms with Crippen molar-refractivity contribution in [2.75, 3.05) is 6.61 Å². The smallest absolute Gasteiger partial charge is 0.341 e. The Hall–Kier alpha value is -1.69. The molecule has 156 valence electrons. The summed E-state index contributed by atoms with van der Waals surface area (Å²) in [6.07, 6.45) is 0.706. The molecular formula is C23H21Cl3O3Si. The molecule has 7 heteroatoms. The summed E-state index contributed by atoms with van der Waals surface area (Å²) in [7, 11) is 0.